The summed E-state index contributed by atoms with van der Waals surface area (Å²) in [6.45, 7) is 1.88. The van der Waals surface area contributed by atoms with E-state index >= 15 is 0 Å². The monoisotopic (exact) mass is 259 g/mol. The van der Waals surface area contributed by atoms with Crippen molar-refractivity contribution in [3.63, 3.8) is 0 Å². The highest BCUT2D eigenvalue weighted by molar-refractivity contribution is 9.10. The Hall–Kier alpha value is -0.720. The van der Waals surface area contributed by atoms with Gasteiger partial charge in [-0.1, -0.05) is 18.5 Å². The third-order valence-corrected chi connectivity index (χ3v) is 2.65. The smallest absolute Gasteiger partial charge is 0.177 e. The quantitative estimate of drug-likeness (QED) is 0.756. The Morgan fingerprint density at radius 3 is 2.85 bits per heavy atom. The Balaban J connectivity index is 3.17. The fourth-order valence-corrected chi connectivity index (χ4v) is 1.77. The SMILES string of the molecule is CC/C(C#N)=C(/Cl)c1ccoc1Br. The van der Waals surface area contributed by atoms with Gasteiger partial charge in [0, 0.05) is 11.1 Å². The largest absolute Gasteiger partial charge is 0.457 e. The van der Waals surface area contributed by atoms with Crippen LogP contribution in [0.4, 0.5) is 0 Å². The minimum Gasteiger partial charge on any atom is -0.457 e. The first kappa shape index (κ1) is 10.4. The molecule has 4 heteroatoms. The molecular formula is C9H7BrClNO. The molecule has 1 rings (SSSR count). The van der Waals surface area contributed by atoms with Crippen LogP contribution in [0.25, 0.3) is 5.03 Å². The second kappa shape index (κ2) is 4.50. The summed E-state index contributed by atoms with van der Waals surface area (Å²) in [5.41, 5.74) is 1.28. The maximum Gasteiger partial charge on any atom is 0.177 e. The standard InChI is InChI=1S/C9H7BrClNO/c1-2-6(5-12)8(11)7-3-4-13-9(7)10/h3-4H,2H2,1H3/b8-6-. The van der Waals surface area contributed by atoms with Crippen molar-refractivity contribution in [3.05, 3.63) is 28.1 Å². The van der Waals surface area contributed by atoms with E-state index in [1.54, 1.807) is 6.07 Å². The average molecular weight is 261 g/mol. The van der Waals surface area contributed by atoms with Gasteiger partial charge in [0.2, 0.25) is 0 Å². The van der Waals surface area contributed by atoms with Crippen LogP contribution in [0.1, 0.15) is 18.9 Å². The number of hydrogen-bond acceptors (Lipinski definition) is 2. The van der Waals surface area contributed by atoms with Crippen LogP contribution < -0.4 is 0 Å². The fourth-order valence-electron chi connectivity index (χ4n) is 0.896. The molecule has 0 aliphatic carbocycles. The zero-order valence-electron chi connectivity index (χ0n) is 6.97. The number of hydrogen-bond donors (Lipinski definition) is 0. The van der Waals surface area contributed by atoms with Crippen LogP contribution in [-0.4, -0.2) is 0 Å². The van der Waals surface area contributed by atoms with Crippen LogP contribution in [0.15, 0.2) is 27.0 Å². The minimum atomic E-state index is 0.450. The van der Waals surface area contributed by atoms with Gasteiger partial charge in [0.05, 0.1) is 17.4 Å². The third kappa shape index (κ3) is 2.15. The molecule has 0 spiro atoms. The molecule has 0 atom stereocenters. The van der Waals surface area contributed by atoms with Gasteiger partial charge in [-0.3, -0.25) is 0 Å². The highest BCUT2D eigenvalue weighted by atomic mass is 79.9. The van der Waals surface area contributed by atoms with Gasteiger partial charge in [0.15, 0.2) is 4.67 Å². The number of rotatable bonds is 2. The highest BCUT2D eigenvalue weighted by Crippen LogP contribution is 2.31. The fraction of sp³-hybridized carbons (Fsp3) is 0.222. The van der Waals surface area contributed by atoms with Gasteiger partial charge in [-0.2, -0.15) is 5.26 Å². The summed E-state index contributed by atoms with van der Waals surface area (Å²) < 4.78 is 5.57. The first-order valence-electron chi connectivity index (χ1n) is 3.72. The van der Waals surface area contributed by atoms with Gasteiger partial charge >= 0.3 is 0 Å². The van der Waals surface area contributed by atoms with Crippen LogP contribution in [0.2, 0.25) is 0 Å². The number of furan rings is 1. The summed E-state index contributed by atoms with van der Waals surface area (Å²) in [6.07, 6.45) is 2.14. The molecule has 0 fully saturated rings. The Morgan fingerprint density at radius 1 is 1.77 bits per heavy atom. The van der Waals surface area contributed by atoms with Crippen molar-refractivity contribution in [1.82, 2.24) is 0 Å². The van der Waals surface area contributed by atoms with Crippen LogP contribution in [0.3, 0.4) is 0 Å². The number of nitrogens with zero attached hydrogens (tertiary/aromatic N) is 1. The topological polar surface area (TPSA) is 36.9 Å². The minimum absolute atomic E-state index is 0.450. The van der Waals surface area contributed by atoms with Crippen molar-refractivity contribution < 1.29 is 4.42 Å². The third-order valence-electron chi connectivity index (χ3n) is 1.61. The van der Waals surface area contributed by atoms with Gasteiger partial charge in [0.25, 0.3) is 0 Å². The molecule has 1 heterocycles. The lowest BCUT2D eigenvalue weighted by Gasteiger charge is -1.97. The molecule has 0 radical (unpaired) electrons. The van der Waals surface area contributed by atoms with E-state index in [4.69, 9.17) is 21.3 Å². The maximum absolute atomic E-state index is 8.75. The van der Waals surface area contributed by atoms with Crippen molar-refractivity contribution in [2.24, 2.45) is 0 Å². The maximum atomic E-state index is 8.75. The Labute approximate surface area is 89.9 Å². The Morgan fingerprint density at radius 2 is 2.46 bits per heavy atom. The van der Waals surface area contributed by atoms with Gasteiger partial charge in [-0.05, 0) is 28.4 Å². The molecule has 0 N–H and O–H groups in total. The van der Waals surface area contributed by atoms with Gasteiger partial charge in [0.1, 0.15) is 0 Å². The predicted molar refractivity (Wildman–Crippen MR) is 55.1 cm³/mol. The van der Waals surface area contributed by atoms with Crippen LogP contribution in [0.5, 0.6) is 0 Å². The second-order valence-corrected chi connectivity index (χ2v) is 3.46. The van der Waals surface area contributed by atoms with E-state index in [9.17, 15) is 0 Å². The van der Waals surface area contributed by atoms with Crippen LogP contribution in [-0.2, 0) is 0 Å². The second-order valence-electron chi connectivity index (χ2n) is 2.37. The molecule has 1 aromatic rings. The van der Waals surface area contributed by atoms with E-state index in [-0.39, 0.29) is 0 Å². The van der Waals surface area contributed by atoms with Gasteiger partial charge in [-0.15, -0.1) is 0 Å². The van der Waals surface area contributed by atoms with E-state index < -0.39 is 0 Å². The first-order chi connectivity index (χ1) is 6.20. The van der Waals surface area contributed by atoms with E-state index in [1.807, 2.05) is 6.92 Å². The van der Waals surface area contributed by atoms with E-state index in [0.29, 0.717) is 21.7 Å². The lowest BCUT2D eigenvalue weighted by Crippen LogP contribution is -1.81. The summed E-state index contributed by atoms with van der Waals surface area (Å²) in [7, 11) is 0. The lowest BCUT2D eigenvalue weighted by molar-refractivity contribution is 0.540. The zero-order valence-corrected chi connectivity index (χ0v) is 9.32. The van der Waals surface area contributed by atoms with Gasteiger partial charge < -0.3 is 4.42 Å². The molecule has 0 unspecified atom stereocenters. The van der Waals surface area contributed by atoms with E-state index in [2.05, 4.69) is 22.0 Å². The first-order valence-corrected chi connectivity index (χ1v) is 4.90. The van der Waals surface area contributed by atoms with Gasteiger partial charge in [-0.25, -0.2) is 0 Å². The molecule has 0 amide bonds. The summed E-state index contributed by atoms with van der Waals surface area (Å²) in [6, 6.07) is 3.77. The van der Waals surface area contributed by atoms with Crippen molar-refractivity contribution in [1.29, 1.82) is 5.26 Å². The number of allylic oxidation sites excluding steroid dienone is 1. The van der Waals surface area contributed by atoms with E-state index in [0.717, 1.165) is 5.56 Å². The molecular weight excluding hydrogens is 253 g/mol. The van der Waals surface area contributed by atoms with Crippen molar-refractivity contribution in [2.45, 2.75) is 13.3 Å². The molecule has 0 aliphatic rings. The van der Waals surface area contributed by atoms with Crippen LogP contribution >= 0.6 is 27.5 Å². The molecule has 13 heavy (non-hydrogen) atoms. The molecule has 2 nitrogen and oxygen atoms in total. The molecule has 0 saturated heterocycles. The molecule has 68 valence electrons. The molecule has 0 aromatic carbocycles. The van der Waals surface area contributed by atoms with E-state index in [1.165, 1.54) is 6.26 Å². The average Bonchev–Trinajstić information content (AvgIpc) is 2.53. The van der Waals surface area contributed by atoms with Crippen molar-refractivity contribution in [2.75, 3.05) is 0 Å². The molecule has 0 saturated carbocycles. The zero-order chi connectivity index (χ0) is 9.84. The predicted octanol–water partition coefficient (Wildman–Crippen LogP) is 3.93. The number of halogens is 2. The van der Waals surface area contributed by atoms with Crippen molar-refractivity contribution >= 4 is 32.6 Å². The normalized spacial score (nSPS) is 12.2. The summed E-state index contributed by atoms with van der Waals surface area (Å²) in [5, 5.41) is 9.20. The molecule has 0 bridgehead atoms. The Kier molecular flexibility index (Phi) is 3.58. The lowest BCUT2D eigenvalue weighted by atomic mass is 10.1. The summed E-state index contributed by atoms with van der Waals surface area (Å²) in [5.74, 6) is 0. The van der Waals surface area contributed by atoms with Crippen LogP contribution in [0, 0.1) is 11.3 Å². The molecule has 0 aliphatic heterocycles. The Bertz CT molecular complexity index is 375. The highest BCUT2D eigenvalue weighted by Gasteiger charge is 2.10. The number of nitriles is 1. The molecule has 1 aromatic heterocycles. The summed E-state index contributed by atoms with van der Waals surface area (Å²) >= 11 is 9.19. The van der Waals surface area contributed by atoms with Crippen molar-refractivity contribution in [3.8, 4) is 6.07 Å². The summed E-state index contributed by atoms with van der Waals surface area (Å²) in [4.78, 5) is 0.